The van der Waals surface area contributed by atoms with Gasteiger partial charge in [-0.3, -0.25) is 20.4 Å². The highest BCUT2D eigenvalue weighted by Gasteiger charge is 2.16. The molecule has 2 N–H and O–H groups in total. The van der Waals surface area contributed by atoms with Gasteiger partial charge >= 0.3 is 0 Å². The van der Waals surface area contributed by atoms with E-state index in [0.29, 0.717) is 5.56 Å². The van der Waals surface area contributed by atoms with E-state index < -0.39 is 0 Å². The van der Waals surface area contributed by atoms with Crippen LogP contribution in [-0.2, 0) is 4.79 Å². The van der Waals surface area contributed by atoms with Crippen LogP contribution in [0.3, 0.4) is 0 Å². The number of amides is 2. The van der Waals surface area contributed by atoms with Crippen molar-refractivity contribution in [2.24, 2.45) is 5.92 Å². The van der Waals surface area contributed by atoms with Gasteiger partial charge in [-0.2, -0.15) is 0 Å². The predicted molar refractivity (Wildman–Crippen MR) is 80.1 cm³/mol. The highest BCUT2D eigenvalue weighted by atomic mass is 16.2. The Morgan fingerprint density at radius 1 is 1.20 bits per heavy atom. The second kappa shape index (κ2) is 8.35. The smallest absolute Gasteiger partial charge is 0.269 e. The molecule has 0 aromatic heterocycles. The van der Waals surface area contributed by atoms with Gasteiger partial charge in [0, 0.05) is 11.5 Å². The molecule has 0 saturated carbocycles. The second-order valence-electron chi connectivity index (χ2n) is 5.06. The largest absolute Gasteiger partial charge is 0.273 e. The van der Waals surface area contributed by atoms with Crippen molar-refractivity contribution in [3.63, 3.8) is 0 Å². The quantitative estimate of drug-likeness (QED) is 0.785. The Morgan fingerprint density at radius 3 is 2.55 bits per heavy atom. The van der Waals surface area contributed by atoms with Gasteiger partial charge in [0.1, 0.15) is 0 Å². The van der Waals surface area contributed by atoms with Crippen molar-refractivity contribution in [3.8, 4) is 0 Å². The highest BCUT2D eigenvalue weighted by molar-refractivity contribution is 5.95. The third-order valence-electron chi connectivity index (χ3n) is 3.35. The Bertz CT molecular complexity index is 458. The molecule has 1 rings (SSSR count). The van der Waals surface area contributed by atoms with Gasteiger partial charge in [-0.05, 0) is 31.9 Å². The van der Waals surface area contributed by atoms with Crippen molar-refractivity contribution < 1.29 is 9.59 Å². The van der Waals surface area contributed by atoms with Crippen molar-refractivity contribution in [2.75, 3.05) is 0 Å². The zero-order valence-corrected chi connectivity index (χ0v) is 12.5. The average Bonchev–Trinajstić information content (AvgIpc) is 2.45. The zero-order chi connectivity index (χ0) is 15.0. The number of unbranched alkanes of at least 4 members (excludes halogenated alkanes) is 1. The van der Waals surface area contributed by atoms with Crippen LogP contribution in [0.5, 0.6) is 0 Å². The topological polar surface area (TPSA) is 58.2 Å². The minimum Gasteiger partial charge on any atom is -0.273 e. The molecule has 0 aliphatic carbocycles. The molecule has 1 atom stereocenters. The Morgan fingerprint density at radius 2 is 1.95 bits per heavy atom. The van der Waals surface area contributed by atoms with Crippen LogP contribution in [0.15, 0.2) is 24.3 Å². The minimum atomic E-state index is -0.285. The van der Waals surface area contributed by atoms with Crippen molar-refractivity contribution in [3.05, 3.63) is 35.4 Å². The van der Waals surface area contributed by atoms with Crippen molar-refractivity contribution >= 4 is 11.8 Å². The summed E-state index contributed by atoms with van der Waals surface area (Å²) < 4.78 is 0. The molecule has 20 heavy (non-hydrogen) atoms. The van der Waals surface area contributed by atoms with E-state index in [1.165, 1.54) is 0 Å². The summed E-state index contributed by atoms with van der Waals surface area (Å²) in [7, 11) is 0. The number of rotatable bonds is 6. The number of hydrazine groups is 1. The molecule has 4 heteroatoms. The fraction of sp³-hybridized carbons (Fsp3) is 0.500. The van der Waals surface area contributed by atoms with Crippen molar-refractivity contribution in [2.45, 2.75) is 46.5 Å². The molecule has 0 heterocycles. The third kappa shape index (κ3) is 5.03. The Labute approximate surface area is 120 Å². The number of aryl methyl sites for hydroxylation is 1. The van der Waals surface area contributed by atoms with Crippen molar-refractivity contribution in [1.82, 2.24) is 10.9 Å². The van der Waals surface area contributed by atoms with Crippen molar-refractivity contribution in [1.29, 1.82) is 0 Å². The van der Waals surface area contributed by atoms with Gasteiger partial charge in [-0.25, -0.2) is 0 Å². The lowest BCUT2D eigenvalue weighted by Gasteiger charge is -2.15. The first-order valence-electron chi connectivity index (χ1n) is 7.25. The van der Waals surface area contributed by atoms with E-state index >= 15 is 0 Å². The van der Waals surface area contributed by atoms with E-state index in [-0.39, 0.29) is 17.7 Å². The number of benzene rings is 1. The van der Waals surface area contributed by atoms with Gasteiger partial charge in [0.25, 0.3) is 5.91 Å². The predicted octanol–water partition coefficient (Wildman–Crippen LogP) is 2.97. The summed E-state index contributed by atoms with van der Waals surface area (Å²) in [5.41, 5.74) is 6.56. The highest BCUT2D eigenvalue weighted by Crippen LogP contribution is 2.12. The van der Waals surface area contributed by atoms with Gasteiger partial charge in [-0.15, -0.1) is 0 Å². The molecule has 0 bridgehead atoms. The molecule has 0 saturated heterocycles. The van der Waals surface area contributed by atoms with E-state index in [9.17, 15) is 9.59 Å². The standard InChI is InChI=1S/C16H24N2O2/c1-4-6-9-13(5-2)15(19)17-18-16(20)14-10-7-8-12(3)11-14/h7-8,10-11,13H,4-6,9H2,1-3H3,(H,17,19)(H,18,20)/t13-/m1/s1. The molecule has 0 radical (unpaired) electrons. The summed E-state index contributed by atoms with van der Waals surface area (Å²) in [5.74, 6) is -0.429. The number of nitrogens with one attached hydrogen (secondary N) is 2. The monoisotopic (exact) mass is 276 g/mol. The average molecular weight is 276 g/mol. The first-order valence-corrected chi connectivity index (χ1v) is 7.25. The number of hydrogen-bond acceptors (Lipinski definition) is 2. The Kier molecular flexibility index (Phi) is 6.77. The van der Waals surface area contributed by atoms with E-state index in [0.717, 1.165) is 31.2 Å². The molecule has 1 aromatic carbocycles. The van der Waals surface area contributed by atoms with Gasteiger partial charge in [-0.1, -0.05) is 44.4 Å². The first kappa shape index (κ1) is 16.2. The number of carbonyl (C=O) groups is 2. The number of carbonyl (C=O) groups excluding carboxylic acids is 2. The summed E-state index contributed by atoms with van der Waals surface area (Å²) >= 11 is 0. The zero-order valence-electron chi connectivity index (χ0n) is 12.5. The number of hydrogen-bond donors (Lipinski definition) is 2. The van der Waals surface area contributed by atoms with Crippen LogP contribution in [0.25, 0.3) is 0 Å². The van der Waals surface area contributed by atoms with Crippen LogP contribution in [0.1, 0.15) is 55.5 Å². The Balaban J connectivity index is 2.49. The summed E-state index contributed by atoms with van der Waals surface area (Å²) in [6.07, 6.45) is 3.74. The van der Waals surface area contributed by atoms with E-state index in [2.05, 4.69) is 17.8 Å². The van der Waals surface area contributed by atoms with Gasteiger partial charge < -0.3 is 0 Å². The molecule has 110 valence electrons. The molecule has 1 aromatic rings. The summed E-state index contributed by atoms with van der Waals surface area (Å²) in [5, 5.41) is 0. The normalized spacial score (nSPS) is 11.8. The molecule has 0 unspecified atom stereocenters. The van der Waals surface area contributed by atoms with Crippen LogP contribution in [0.4, 0.5) is 0 Å². The lowest BCUT2D eigenvalue weighted by molar-refractivity contribution is -0.126. The fourth-order valence-electron chi connectivity index (χ4n) is 2.05. The maximum Gasteiger partial charge on any atom is 0.269 e. The summed E-state index contributed by atoms with van der Waals surface area (Å²) in [6.45, 7) is 6.01. The van der Waals surface area contributed by atoms with Gasteiger partial charge in [0.15, 0.2) is 0 Å². The lowest BCUT2D eigenvalue weighted by Crippen LogP contribution is -2.44. The maximum absolute atomic E-state index is 12.0. The van der Waals surface area contributed by atoms with E-state index in [1.807, 2.05) is 26.0 Å². The van der Waals surface area contributed by atoms with Gasteiger partial charge in [0.05, 0.1) is 0 Å². The molecular formula is C16H24N2O2. The lowest BCUT2D eigenvalue weighted by atomic mass is 9.99. The molecule has 0 spiro atoms. The van der Waals surface area contributed by atoms with Crippen LogP contribution in [0, 0.1) is 12.8 Å². The summed E-state index contributed by atoms with van der Waals surface area (Å²) in [4.78, 5) is 23.9. The molecular weight excluding hydrogens is 252 g/mol. The van der Waals surface area contributed by atoms with Crippen LogP contribution < -0.4 is 10.9 Å². The molecule has 0 fully saturated rings. The Hall–Kier alpha value is -1.84. The molecule has 0 aliphatic heterocycles. The maximum atomic E-state index is 12.0. The summed E-state index contributed by atoms with van der Waals surface area (Å²) in [6, 6.07) is 7.26. The third-order valence-corrected chi connectivity index (χ3v) is 3.35. The van der Waals surface area contributed by atoms with E-state index in [4.69, 9.17) is 0 Å². The van der Waals surface area contributed by atoms with Gasteiger partial charge in [0.2, 0.25) is 5.91 Å². The van der Waals surface area contributed by atoms with E-state index in [1.54, 1.807) is 12.1 Å². The first-order chi connectivity index (χ1) is 9.58. The molecule has 2 amide bonds. The minimum absolute atomic E-state index is 0.0345. The second-order valence-corrected chi connectivity index (χ2v) is 5.06. The SMILES string of the molecule is CCCC[C@@H](CC)C(=O)NNC(=O)c1cccc(C)c1. The fourth-order valence-corrected chi connectivity index (χ4v) is 2.05. The van der Waals surface area contributed by atoms with Crippen LogP contribution in [-0.4, -0.2) is 11.8 Å². The van der Waals surface area contributed by atoms with Crippen LogP contribution >= 0.6 is 0 Å². The molecule has 0 aliphatic rings. The van der Waals surface area contributed by atoms with Crippen LogP contribution in [0.2, 0.25) is 0 Å². The molecule has 4 nitrogen and oxygen atoms in total.